The van der Waals surface area contributed by atoms with Crippen molar-refractivity contribution in [3.8, 4) is 69.0 Å². The summed E-state index contributed by atoms with van der Waals surface area (Å²) in [4.78, 5) is 0. The fourth-order valence-electron chi connectivity index (χ4n) is 11.9. The van der Waals surface area contributed by atoms with Crippen LogP contribution in [0.3, 0.4) is 0 Å². The van der Waals surface area contributed by atoms with Crippen molar-refractivity contribution >= 4 is 228 Å². The molecule has 0 amide bonds. The zero-order chi connectivity index (χ0) is 54.0. The summed E-state index contributed by atoms with van der Waals surface area (Å²) in [5, 5.41) is 16.8. The Bertz CT molecular complexity index is 3400. The second kappa shape index (κ2) is 22.0. The molecule has 0 unspecified atom stereocenters. The van der Waals surface area contributed by atoms with Crippen LogP contribution in [0.1, 0.15) is 83.1 Å². The number of benzene rings is 8. The molecule has 0 aliphatic heterocycles. The first kappa shape index (κ1) is 54.9. The van der Waals surface area contributed by atoms with E-state index in [-0.39, 0.29) is 0 Å². The Morgan fingerprint density at radius 1 is 0.154 bits per heavy atom. The topological polar surface area (TPSA) is 111 Å². The molecule has 0 fully saturated rings. The second-order valence-electron chi connectivity index (χ2n) is 18.2. The molecule has 0 saturated heterocycles. The van der Waals surface area contributed by atoms with Crippen molar-refractivity contribution in [2.45, 2.75) is 83.1 Å². The van der Waals surface area contributed by atoms with E-state index in [0.29, 0.717) is 79.3 Å². The zero-order valence-corrected chi connectivity index (χ0v) is 59.8. The van der Waals surface area contributed by atoms with Crippen molar-refractivity contribution in [3.63, 3.8) is 0 Å². The summed E-state index contributed by atoms with van der Waals surface area (Å²) in [6.07, 6.45) is 0. The molecule has 0 N–H and O–H groups in total. The predicted octanol–water partition coefficient (Wildman–Crippen LogP) is 13.0. The van der Waals surface area contributed by atoms with Gasteiger partial charge < -0.3 is 0 Å². The van der Waals surface area contributed by atoms with Gasteiger partial charge in [-0.1, -0.05) is 0 Å². The third-order valence-electron chi connectivity index (χ3n) is 14.1. The Morgan fingerprint density at radius 3 is 0.295 bits per heavy atom. The molecule has 14 aromatic rings. The molecule has 78 heavy (non-hydrogen) atoms. The SMILES string of the molecule is CCOc1c(OCC)c2[te]c3c(OCC)c(OCC)c4[te]c5c(OCC)c(OCC)c6[te]c1c1c2c3c4c5c61.CCOc1c(OCC)c2[te]c3c(OCC)c(OCC)c4[te]c5c(OCC)c(OCC)c6[te]c1c1c2c3c4c5c61. The van der Waals surface area contributed by atoms with Gasteiger partial charge in [0.2, 0.25) is 0 Å². The van der Waals surface area contributed by atoms with Crippen molar-refractivity contribution in [2.24, 2.45) is 0 Å². The maximum atomic E-state index is 6.47. The van der Waals surface area contributed by atoms with Gasteiger partial charge in [-0.3, -0.25) is 0 Å². The Labute approximate surface area is 509 Å². The van der Waals surface area contributed by atoms with E-state index in [4.69, 9.17) is 56.8 Å². The Hall–Kier alpha value is -2.34. The van der Waals surface area contributed by atoms with Gasteiger partial charge in [0, 0.05) is 0 Å². The fraction of sp³-hybridized carbons (Fsp3) is 0.400. The van der Waals surface area contributed by atoms with E-state index >= 15 is 0 Å². The quantitative estimate of drug-likeness (QED) is 0.0424. The van der Waals surface area contributed by atoms with Crippen LogP contribution in [0.2, 0.25) is 0 Å². The minimum atomic E-state index is -0.814. The van der Waals surface area contributed by atoms with Crippen LogP contribution in [-0.2, 0) is 0 Å². The number of ether oxygens (including phenoxy) is 12. The van der Waals surface area contributed by atoms with Crippen molar-refractivity contribution in [1.82, 2.24) is 0 Å². The Balaban J connectivity index is 0.000000148. The third kappa shape index (κ3) is 7.64. The molecular weight excluding hydrogens is 1680 g/mol. The molecule has 6 heterocycles. The average Bonchev–Trinajstić information content (AvgIpc) is 2.16. The van der Waals surface area contributed by atoms with Gasteiger partial charge in [-0.25, -0.2) is 0 Å². The van der Waals surface area contributed by atoms with Crippen LogP contribution in [0.25, 0.3) is 105 Å². The summed E-state index contributed by atoms with van der Waals surface area (Å²) in [6.45, 7) is 32.2. The standard InChI is InChI=1S/2C30H30O6Te3/c2*1-7-31-19-20(32-8-2)26-14-13-15-17-18-16(14)28(38-26)23(35-11-5)24(36-12-6)30(18)39-29(17)22(34-10-4)21(33-9-3)27(15)37-25(13)19/h2*7-12H2,1-6H3. The predicted molar refractivity (Wildman–Crippen MR) is 326 cm³/mol. The first-order valence-corrected chi connectivity index (χ1v) is 41.3. The second-order valence-corrected chi connectivity index (χ2v) is 35.7. The molecule has 0 atom stereocenters. The Kier molecular flexibility index (Phi) is 15.5. The molecule has 0 saturated carbocycles. The van der Waals surface area contributed by atoms with Gasteiger partial charge in [-0.2, -0.15) is 0 Å². The van der Waals surface area contributed by atoms with Crippen molar-refractivity contribution in [3.05, 3.63) is 0 Å². The van der Waals surface area contributed by atoms with Crippen LogP contribution in [0.15, 0.2) is 0 Å². The maximum absolute atomic E-state index is 6.47. The van der Waals surface area contributed by atoms with Crippen LogP contribution < -0.4 is 56.8 Å². The van der Waals surface area contributed by atoms with Gasteiger partial charge >= 0.3 is 516 Å². The third-order valence-corrected chi connectivity index (χ3v) is 34.5. The summed E-state index contributed by atoms with van der Waals surface area (Å²) >= 11 is -4.88. The molecule has 14 rings (SSSR count). The minimum absolute atomic E-state index is 0.614. The zero-order valence-electron chi connectivity index (χ0n) is 45.8. The van der Waals surface area contributed by atoms with Crippen LogP contribution in [0.5, 0.6) is 69.0 Å². The molecule has 18 heteroatoms. The molecule has 0 spiro atoms. The summed E-state index contributed by atoms with van der Waals surface area (Å²) in [7, 11) is 0. The van der Waals surface area contributed by atoms with E-state index in [1.54, 1.807) is 0 Å². The van der Waals surface area contributed by atoms with Gasteiger partial charge in [0.05, 0.1) is 0 Å². The molecule has 0 aliphatic carbocycles. The number of hydrogen-bond donors (Lipinski definition) is 0. The average molecular weight is 1740 g/mol. The van der Waals surface area contributed by atoms with Gasteiger partial charge in [0.1, 0.15) is 0 Å². The van der Waals surface area contributed by atoms with Crippen LogP contribution in [0.4, 0.5) is 0 Å². The van der Waals surface area contributed by atoms with Gasteiger partial charge in [0.25, 0.3) is 0 Å². The summed E-state index contributed by atoms with van der Waals surface area (Å²) < 4.78 is 94.0. The number of rotatable bonds is 24. The summed E-state index contributed by atoms with van der Waals surface area (Å²) in [5.41, 5.74) is 0. The molecule has 6 aromatic heterocycles. The monoisotopic (exact) mass is 1750 g/mol. The first-order valence-electron chi connectivity index (χ1n) is 27.3. The molecule has 408 valence electrons. The molecule has 12 nitrogen and oxygen atoms in total. The van der Waals surface area contributed by atoms with Crippen molar-refractivity contribution in [2.75, 3.05) is 79.3 Å². The van der Waals surface area contributed by atoms with E-state index in [2.05, 4.69) is 83.1 Å². The van der Waals surface area contributed by atoms with Gasteiger partial charge in [-0.15, -0.1) is 0 Å². The normalized spacial score (nSPS) is 12.5. The molecule has 8 aromatic carbocycles. The summed E-state index contributed by atoms with van der Waals surface area (Å²) in [6, 6.07) is 0. The van der Waals surface area contributed by atoms with Crippen molar-refractivity contribution in [1.29, 1.82) is 0 Å². The van der Waals surface area contributed by atoms with Crippen LogP contribution >= 0.6 is 0 Å². The van der Waals surface area contributed by atoms with Gasteiger partial charge in [-0.05, 0) is 0 Å². The fourth-order valence-corrected chi connectivity index (χ4v) is 34.3. The van der Waals surface area contributed by atoms with Gasteiger partial charge in [0.15, 0.2) is 0 Å². The van der Waals surface area contributed by atoms with Crippen LogP contribution in [-0.4, -0.2) is 202 Å². The van der Waals surface area contributed by atoms with Crippen molar-refractivity contribution < 1.29 is 56.8 Å². The molecule has 0 aliphatic rings. The molecular formula is C60H60O12Te6. The Morgan fingerprint density at radius 2 is 0.231 bits per heavy atom. The van der Waals surface area contributed by atoms with Crippen LogP contribution in [0, 0.1) is 0 Å². The molecule has 0 radical (unpaired) electrons. The van der Waals surface area contributed by atoms with E-state index in [9.17, 15) is 0 Å². The van der Waals surface area contributed by atoms with E-state index < -0.39 is 123 Å². The number of hydrogen-bond acceptors (Lipinski definition) is 12. The van der Waals surface area contributed by atoms with E-state index in [1.807, 2.05) is 0 Å². The summed E-state index contributed by atoms with van der Waals surface area (Å²) in [5.74, 6) is 11.7. The first-order chi connectivity index (χ1) is 38.3. The molecule has 0 bridgehead atoms. The van der Waals surface area contributed by atoms with E-state index in [0.717, 1.165) is 69.0 Å². The van der Waals surface area contributed by atoms with E-state index in [1.165, 1.54) is 105 Å².